The Hall–Kier alpha value is -2.78. The van der Waals surface area contributed by atoms with E-state index in [2.05, 4.69) is 9.71 Å². The topological polar surface area (TPSA) is 101 Å². The molecule has 0 unspecified atom stereocenters. The summed E-state index contributed by atoms with van der Waals surface area (Å²) in [6, 6.07) is 9.63. The predicted octanol–water partition coefficient (Wildman–Crippen LogP) is 3.69. The van der Waals surface area contributed by atoms with Gasteiger partial charge in [0, 0.05) is 24.3 Å². The van der Waals surface area contributed by atoms with Crippen molar-refractivity contribution >= 4 is 33.4 Å². The fraction of sp³-hybridized carbons (Fsp3) is 0.158. The van der Waals surface area contributed by atoms with Crippen molar-refractivity contribution in [3.05, 3.63) is 65.5 Å². The Morgan fingerprint density at radius 2 is 1.93 bits per heavy atom. The Balaban J connectivity index is 2.00. The number of rotatable bonds is 6. The van der Waals surface area contributed by atoms with Gasteiger partial charge >= 0.3 is 5.97 Å². The summed E-state index contributed by atoms with van der Waals surface area (Å²) in [7, 11) is -2.14. The van der Waals surface area contributed by atoms with Gasteiger partial charge in [-0.3, -0.25) is 4.72 Å². The third-order valence-corrected chi connectivity index (χ3v) is 6.91. The molecule has 0 saturated carbocycles. The van der Waals surface area contributed by atoms with Crippen LogP contribution in [0.3, 0.4) is 0 Å². The van der Waals surface area contributed by atoms with Crippen LogP contribution in [0.2, 0.25) is 0 Å². The summed E-state index contributed by atoms with van der Waals surface area (Å²) in [4.78, 5) is 16.2. The molecule has 146 valence electrons. The minimum absolute atomic E-state index is 0.0540. The second-order valence-electron chi connectivity index (χ2n) is 6.25. The van der Waals surface area contributed by atoms with Crippen LogP contribution in [-0.2, 0) is 17.1 Å². The van der Waals surface area contributed by atoms with Crippen LogP contribution in [0.5, 0.6) is 0 Å². The van der Waals surface area contributed by atoms with E-state index in [0.717, 1.165) is 0 Å². The fourth-order valence-corrected chi connectivity index (χ4v) is 5.00. The summed E-state index contributed by atoms with van der Waals surface area (Å²) in [6.45, 7) is 3.34. The molecular formula is C19H19N3O4S2. The molecule has 0 aliphatic heterocycles. The van der Waals surface area contributed by atoms with Crippen LogP contribution in [0, 0.1) is 13.8 Å². The van der Waals surface area contributed by atoms with Crippen LogP contribution < -0.4 is 4.72 Å². The molecule has 0 atom stereocenters. The monoisotopic (exact) mass is 417 g/mol. The van der Waals surface area contributed by atoms with Gasteiger partial charge in [0.2, 0.25) is 0 Å². The van der Waals surface area contributed by atoms with E-state index >= 15 is 0 Å². The number of aromatic nitrogens is 2. The van der Waals surface area contributed by atoms with Crippen molar-refractivity contribution in [1.29, 1.82) is 0 Å². The maximum absolute atomic E-state index is 13.0. The number of nitrogens with zero attached hydrogens (tertiary/aromatic N) is 2. The van der Waals surface area contributed by atoms with Gasteiger partial charge in [-0.2, -0.15) is 0 Å². The third-order valence-electron chi connectivity index (χ3n) is 4.27. The van der Waals surface area contributed by atoms with E-state index in [1.54, 1.807) is 44.4 Å². The molecule has 0 spiro atoms. The highest BCUT2D eigenvalue weighted by Gasteiger charge is 2.22. The molecular weight excluding hydrogens is 398 g/mol. The van der Waals surface area contributed by atoms with E-state index in [1.165, 1.54) is 23.9 Å². The number of aromatic carboxylic acids is 1. The zero-order valence-electron chi connectivity index (χ0n) is 15.5. The molecule has 0 bridgehead atoms. The quantitative estimate of drug-likeness (QED) is 0.634. The van der Waals surface area contributed by atoms with Crippen LogP contribution in [-0.4, -0.2) is 29.0 Å². The smallest absolute Gasteiger partial charge is 0.335 e. The number of aryl methyl sites for hydroxylation is 2. The van der Waals surface area contributed by atoms with Crippen molar-refractivity contribution in [3.63, 3.8) is 0 Å². The van der Waals surface area contributed by atoms with Crippen LogP contribution in [0.1, 0.15) is 21.5 Å². The summed E-state index contributed by atoms with van der Waals surface area (Å²) in [6.07, 6.45) is 3.47. The molecule has 3 aromatic rings. The van der Waals surface area contributed by atoms with Gasteiger partial charge in [-0.05, 0) is 61.0 Å². The Bertz CT molecular complexity index is 1150. The van der Waals surface area contributed by atoms with Gasteiger partial charge in [0.25, 0.3) is 10.0 Å². The highest BCUT2D eigenvalue weighted by Crippen LogP contribution is 2.34. The van der Waals surface area contributed by atoms with Crippen molar-refractivity contribution < 1.29 is 18.3 Å². The normalized spacial score (nSPS) is 11.4. The Kier molecular flexibility index (Phi) is 5.48. The first-order valence-corrected chi connectivity index (χ1v) is 10.6. The summed E-state index contributed by atoms with van der Waals surface area (Å²) >= 11 is 1.33. The second-order valence-corrected chi connectivity index (χ2v) is 8.91. The molecule has 2 aromatic carbocycles. The van der Waals surface area contributed by atoms with Gasteiger partial charge in [-0.15, -0.1) is 0 Å². The highest BCUT2D eigenvalue weighted by atomic mass is 32.2. The summed E-state index contributed by atoms with van der Waals surface area (Å²) in [5.41, 5.74) is 1.43. The standard InChI is InChI=1S/C19H19N3O4S2/c1-12-10-14(18(23)24)11-17(13(12)2)28(25,26)21-15-6-4-5-7-16(15)27-19-20-8-9-22(19)3/h4-11,21H,1-3H3,(H,23,24). The first-order valence-electron chi connectivity index (χ1n) is 8.30. The zero-order valence-corrected chi connectivity index (χ0v) is 17.1. The summed E-state index contributed by atoms with van der Waals surface area (Å²) in [5, 5.41) is 9.98. The van der Waals surface area contributed by atoms with E-state index in [9.17, 15) is 18.3 Å². The number of nitrogens with one attached hydrogen (secondary N) is 1. The third kappa shape index (κ3) is 4.05. The second kappa shape index (κ2) is 7.69. The average Bonchev–Trinajstić information content (AvgIpc) is 3.03. The number of hydrogen-bond acceptors (Lipinski definition) is 5. The zero-order chi connectivity index (χ0) is 20.5. The average molecular weight is 418 g/mol. The number of carboxylic acids is 1. The molecule has 2 N–H and O–H groups in total. The van der Waals surface area contributed by atoms with Gasteiger partial charge in [0.05, 0.1) is 16.1 Å². The molecule has 0 radical (unpaired) electrons. The number of carbonyl (C=O) groups is 1. The van der Waals surface area contributed by atoms with Crippen LogP contribution >= 0.6 is 11.8 Å². The molecule has 3 rings (SSSR count). The molecule has 1 heterocycles. The number of anilines is 1. The maximum atomic E-state index is 13.0. The molecule has 1 aromatic heterocycles. The molecule has 0 saturated heterocycles. The first-order chi connectivity index (χ1) is 13.2. The van der Waals surface area contributed by atoms with Gasteiger partial charge in [-0.25, -0.2) is 18.2 Å². The van der Waals surface area contributed by atoms with Gasteiger partial charge in [0.15, 0.2) is 5.16 Å². The lowest BCUT2D eigenvalue weighted by Gasteiger charge is -2.15. The molecule has 28 heavy (non-hydrogen) atoms. The fourth-order valence-electron chi connectivity index (χ4n) is 2.62. The highest BCUT2D eigenvalue weighted by molar-refractivity contribution is 7.99. The van der Waals surface area contributed by atoms with Crippen LogP contribution in [0.25, 0.3) is 0 Å². The number of para-hydroxylation sites is 1. The number of hydrogen-bond donors (Lipinski definition) is 2. The van der Waals surface area contributed by atoms with Gasteiger partial charge < -0.3 is 9.67 Å². The number of benzene rings is 2. The van der Waals surface area contributed by atoms with Crippen molar-refractivity contribution in [3.8, 4) is 0 Å². The number of sulfonamides is 1. The largest absolute Gasteiger partial charge is 0.478 e. The molecule has 0 aliphatic rings. The van der Waals surface area contributed by atoms with Crippen LogP contribution in [0.15, 0.2) is 63.7 Å². The lowest BCUT2D eigenvalue weighted by atomic mass is 10.1. The van der Waals surface area contributed by atoms with E-state index in [-0.39, 0.29) is 10.5 Å². The molecule has 0 aliphatic carbocycles. The molecule has 0 fully saturated rings. The van der Waals surface area contributed by atoms with Crippen molar-refractivity contribution in [2.75, 3.05) is 4.72 Å². The molecule has 7 nitrogen and oxygen atoms in total. The minimum Gasteiger partial charge on any atom is -0.478 e. The first kappa shape index (κ1) is 20.0. The number of carboxylic acid groups (broad SMARTS) is 1. The minimum atomic E-state index is -3.99. The maximum Gasteiger partial charge on any atom is 0.335 e. The summed E-state index contributed by atoms with van der Waals surface area (Å²) < 4.78 is 30.5. The predicted molar refractivity (Wildman–Crippen MR) is 107 cm³/mol. The van der Waals surface area contributed by atoms with E-state index < -0.39 is 16.0 Å². The Labute approximate surface area is 167 Å². The van der Waals surface area contributed by atoms with Crippen molar-refractivity contribution in [2.45, 2.75) is 28.8 Å². The lowest BCUT2D eigenvalue weighted by Crippen LogP contribution is -2.16. The van der Waals surface area contributed by atoms with Gasteiger partial charge in [0.1, 0.15) is 0 Å². The SMILES string of the molecule is Cc1cc(C(=O)O)cc(S(=O)(=O)Nc2ccccc2Sc2nccn2C)c1C. The van der Waals surface area contributed by atoms with E-state index in [0.29, 0.717) is 26.9 Å². The number of imidazole rings is 1. The molecule has 9 heteroatoms. The van der Waals surface area contributed by atoms with E-state index in [4.69, 9.17) is 0 Å². The Morgan fingerprint density at radius 1 is 1.21 bits per heavy atom. The summed E-state index contributed by atoms with van der Waals surface area (Å²) in [5.74, 6) is -1.18. The lowest BCUT2D eigenvalue weighted by molar-refractivity contribution is 0.0696. The van der Waals surface area contributed by atoms with E-state index in [1.807, 2.05) is 17.7 Å². The van der Waals surface area contributed by atoms with Crippen LogP contribution in [0.4, 0.5) is 5.69 Å². The Morgan fingerprint density at radius 3 is 2.57 bits per heavy atom. The molecule has 0 amide bonds. The van der Waals surface area contributed by atoms with Crippen molar-refractivity contribution in [2.24, 2.45) is 7.05 Å². The van der Waals surface area contributed by atoms with Gasteiger partial charge in [-0.1, -0.05) is 12.1 Å². The van der Waals surface area contributed by atoms with Crippen molar-refractivity contribution in [1.82, 2.24) is 9.55 Å².